The molecule has 0 saturated heterocycles. The van der Waals surface area contributed by atoms with E-state index in [4.69, 9.17) is 13.9 Å². The number of furan rings is 1. The maximum absolute atomic E-state index is 13.9. The quantitative estimate of drug-likeness (QED) is 0.149. The minimum atomic E-state index is -3.96. The van der Waals surface area contributed by atoms with Gasteiger partial charge in [0.05, 0.1) is 24.8 Å². The maximum Gasteiger partial charge on any atom is 0.261 e. The molecule has 0 aliphatic heterocycles. The second-order valence-corrected chi connectivity index (χ2v) is 12.4. The summed E-state index contributed by atoms with van der Waals surface area (Å²) >= 11 is 0. The van der Waals surface area contributed by atoms with Gasteiger partial charge in [-0.05, 0) is 83.9 Å². The summed E-state index contributed by atoms with van der Waals surface area (Å²) in [5.41, 5.74) is 1.83. The third-order valence-corrected chi connectivity index (χ3v) is 8.79. The fourth-order valence-corrected chi connectivity index (χ4v) is 5.92. The first kappa shape index (κ1) is 33.7. The molecule has 1 atom stereocenters. The first-order chi connectivity index (χ1) is 23.2. The largest absolute Gasteiger partial charge is 0.497 e. The highest BCUT2D eigenvalue weighted by Gasteiger charge is 2.31. The Balaban J connectivity index is 1.34. The topological polar surface area (TPSA) is 127 Å². The van der Waals surface area contributed by atoms with Crippen LogP contribution in [0, 0.1) is 5.82 Å². The number of sulfonamides is 1. The van der Waals surface area contributed by atoms with Crippen LogP contribution in [0.25, 0.3) is 0 Å². The molecule has 0 radical (unpaired) electrons. The van der Waals surface area contributed by atoms with Crippen LogP contribution in [0.2, 0.25) is 0 Å². The highest BCUT2D eigenvalue weighted by Crippen LogP contribution is 2.21. The van der Waals surface area contributed by atoms with Crippen LogP contribution in [-0.4, -0.2) is 44.9 Å². The number of hydrogen-bond acceptors (Lipinski definition) is 7. The molecule has 5 rings (SSSR count). The van der Waals surface area contributed by atoms with Crippen LogP contribution in [0.15, 0.2) is 131 Å². The normalized spacial score (nSPS) is 11.7. The summed E-state index contributed by atoms with van der Waals surface area (Å²) in [6, 6.07) is 29.6. The molecule has 1 heterocycles. The van der Waals surface area contributed by atoms with Gasteiger partial charge in [-0.15, -0.1) is 0 Å². The van der Waals surface area contributed by atoms with E-state index in [0.717, 1.165) is 23.3 Å². The average molecular weight is 672 g/mol. The van der Waals surface area contributed by atoms with E-state index in [1.54, 1.807) is 31.4 Å². The Morgan fingerprint density at radius 1 is 0.833 bits per heavy atom. The van der Waals surface area contributed by atoms with Crippen molar-refractivity contribution in [3.63, 3.8) is 0 Å². The number of methoxy groups -OCH3 is 1. The molecule has 0 saturated carbocycles. The standard InChI is InChI=1S/C36H34FN3O7S/c1-45-30-15-9-27(10-16-30)24-40(34(22-26-6-3-2-4-7-26)36(42)38-23-32-8-5-21-46-32)35(41)25-47-31-17-19-33(20-18-31)48(43,44)39-29-13-11-28(37)12-14-29/h2-21,34,39H,22-25H2,1H3,(H,38,42)/t34-/m0/s1. The zero-order valence-corrected chi connectivity index (χ0v) is 26.9. The van der Waals surface area contributed by atoms with Crippen molar-refractivity contribution in [3.05, 3.63) is 144 Å². The molecular weight excluding hydrogens is 637 g/mol. The van der Waals surface area contributed by atoms with Gasteiger partial charge < -0.3 is 24.1 Å². The van der Waals surface area contributed by atoms with E-state index in [1.165, 1.54) is 47.6 Å². The number of benzene rings is 4. The first-order valence-corrected chi connectivity index (χ1v) is 16.5. The van der Waals surface area contributed by atoms with E-state index in [9.17, 15) is 22.4 Å². The molecule has 5 aromatic rings. The van der Waals surface area contributed by atoms with Crippen LogP contribution >= 0.6 is 0 Å². The minimum absolute atomic E-state index is 0.0530. The van der Waals surface area contributed by atoms with Gasteiger partial charge in [0.1, 0.15) is 29.1 Å². The third-order valence-electron chi connectivity index (χ3n) is 7.39. The number of nitrogens with zero attached hydrogens (tertiary/aromatic N) is 1. The number of ether oxygens (including phenoxy) is 2. The van der Waals surface area contributed by atoms with E-state index >= 15 is 0 Å². The lowest BCUT2D eigenvalue weighted by Gasteiger charge is -2.31. The Kier molecular flexibility index (Phi) is 11.1. The molecule has 0 spiro atoms. The first-order valence-electron chi connectivity index (χ1n) is 15.0. The number of rotatable bonds is 15. The van der Waals surface area contributed by atoms with E-state index < -0.39 is 34.4 Å². The number of halogens is 1. The number of amides is 2. The summed E-state index contributed by atoms with van der Waals surface area (Å²) in [4.78, 5) is 29.1. The second kappa shape index (κ2) is 15.8. The van der Waals surface area contributed by atoms with Gasteiger partial charge in [-0.1, -0.05) is 42.5 Å². The smallest absolute Gasteiger partial charge is 0.261 e. The highest BCUT2D eigenvalue weighted by molar-refractivity contribution is 7.92. The maximum atomic E-state index is 13.9. The monoisotopic (exact) mass is 671 g/mol. The zero-order valence-electron chi connectivity index (χ0n) is 26.0. The van der Waals surface area contributed by atoms with Crippen LogP contribution in [0.5, 0.6) is 11.5 Å². The average Bonchev–Trinajstić information content (AvgIpc) is 3.63. The molecule has 10 nitrogen and oxygen atoms in total. The van der Waals surface area contributed by atoms with E-state index in [2.05, 4.69) is 10.0 Å². The lowest BCUT2D eigenvalue weighted by molar-refractivity contribution is -0.142. The molecule has 2 N–H and O–H groups in total. The summed E-state index contributed by atoms with van der Waals surface area (Å²) in [5, 5.41) is 2.89. The van der Waals surface area contributed by atoms with Crippen molar-refractivity contribution in [2.45, 2.75) is 30.4 Å². The molecule has 0 aliphatic carbocycles. The molecule has 0 aliphatic rings. The van der Waals surface area contributed by atoms with Crippen molar-refractivity contribution in [2.24, 2.45) is 0 Å². The molecule has 4 aromatic carbocycles. The molecule has 12 heteroatoms. The van der Waals surface area contributed by atoms with Crippen molar-refractivity contribution >= 4 is 27.5 Å². The van der Waals surface area contributed by atoms with Gasteiger partial charge in [-0.25, -0.2) is 12.8 Å². The Labute approximate surface area is 278 Å². The molecular formula is C36H34FN3O7S. The number of hydrogen-bond donors (Lipinski definition) is 2. The molecule has 48 heavy (non-hydrogen) atoms. The van der Waals surface area contributed by atoms with Gasteiger partial charge in [-0.2, -0.15) is 0 Å². The Morgan fingerprint density at radius 3 is 2.17 bits per heavy atom. The van der Waals surface area contributed by atoms with Crippen LogP contribution in [0.1, 0.15) is 16.9 Å². The summed E-state index contributed by atoms with van der Waals surface area (Å²) in [6.07, 6.45) is 1.75. The summed E-state index contributed by atoms with van der Waals surface area (Å²) in [5.74, 6) is 0.134. The lowest BCUT2D eigenvalue weighted by Crippen LogP contribution is -2.51. The summed E-state index contributed by atoms with van der Waals surface area (Å²) < 4.78 is 57.7. The van der Waals surface area contributed by atoms with E-state index in [1.807, 2.05) is 42.5 Å². The third kappa shape index (κ3) is 9.23. The number of nitrogens with one attached hydrogen (secondary N) is 2. The fraction of sp³-hybridized carbons (Fsp3) is 0.167. The molecule has 2 amide bonds. The molecule has 0 fully saturated rings. The Hall–Kier alpha value is -5.62. The number of anilines is 1. The Bertz CT molecular complexity index is 1880. The molecule has 0 unspecified atom stereocenters. The van der Waals surface area contributed by atoms with Crippen molar-refractivity contribution in [2.75, 3.05) is 18.4 Å². The van der Waals surface area contributed by atoms with Crippen molar-refractivity contribution in [1.82, 2.24) is 10.2 Å². The summed E-state index contributed by atoms with van der Waals surface area (Å²) in [7, 11) is -2.40. The molecule has 0 bridgehead atoms. The van der Waals surface area contributed by atoms with Gasteiger partial charge in [-0.3, -0.25) is 14.3 Å². The van der Waals surface area contributed by atoms with Crippen LogP contribution in [0.3, 0.4) is 0 Å². The van der Waals surface area contributed by atoms with Gasteiger partial charge in [0.2, 0.25) is 5.91 Å². The van der Waals surface area contributed by atoms with E-state index in [-0.39, 0.29) is 41.7 Å². The van der Waals surface area contributed by atoms with Crippen LogP contribution in [0.4, 0.5) is 10.1 Å². The van der Waals surface area contributed by atoms with Gasteiger partial charge in [0.25, 0.3) is 15.9 Å². The lowest BCUT2D eigenvalue weighted by atomic mass is 10.0. The predicted molar refractivity (Wildman–Crippen MR) is 177 cm³/mol. The van der Waals surface area contributed by atoms with Gasteiger partial charge in [0, 0.05) is 18.7 Å². The number of carbonyl (C=O) groups excluding carboxylic acids is 2. The summed E-state index contributed by atoms with van der Waals surface area (Å²) in [6.45, 7) is -0.180. The zero-order chi connectivity index (χ0) is 33.9. The minimum Gasteiger partial charge on any atom is -0.497 e. The Morgan fingerprint density at radius 2 is 1.52 bits per heavy atom. The van der Waals surface area contributed by atoms with Gasteiger partial charge in [0.15, 0.2) is 6.61 Å². The van der Waals surface area contributed by atoms with Crippen molar-refractivity contribution in [3.8, 4) is 11.5 Å². The fourth-order valence-electron chi connectivity index (χ4n) is 4.86. The SMILES string of the molecule is COc1ccc(CN(C(=O)COc2ccc(S(=O)(=O)Nc3ccc(F)cc3)cc2)[C@@H](Cc2ccccc2)C(=O)NCc2ccco2)cc1. The number of carbonyl (C=O) groups is 2. The molecule has 1 aromatic heterocycles. The van der Waals surface area contributed by atoms with Crippen LogP contribution < -0.4 is 19.5 Å². The van der Waals surface area contributed by atoms with Crippen LogP contribution in [-0.2, 0) is 39.1 Å². The highest BCUT2D eigenvalue weighted by atomic mass is 32.2. The van der Waals surface area contributed by atoms with E-state index in [0.29, 0.717) is 11.5 Å². The predicted octanol–water partition coefficient (Wildman–Crippen LogP) is 5.56. The molecule has 248 valence electrons. The van der Waals surface area contributed by atoms with Crippen molar-refractivity contribution in [1.29, 1.82) is 0 Å². The van der Waals surface area contributed by atoms with Crippen molar-refractivity contribution < 1.29 is 36.3 Å². The second-order valence-electron chi connectivity index (χ2n) is 10.7. The van der Waals surface area contributed by atoms with Gasteiger partial charge >= 0.3 is 0 Å².